The van der Waals surface area contributed by atoms with Gasteiger partial charge in [-0.15, -0.1) is 0 Å². The van der Waals surface area contributed by atoms with E-state index in [9.17, 15) is 4.79 Å². The normalized spacial score (nSPS) is 12.9. The van der Waals surface area contributed by atoms with Gasteiger partial charge in [-0.3, -0.25) is 4.79 Å². The molecule has 0 N–H and O–H groups in total. The number of aldehydes is 1. The van der Waals surface area contributed by atoms with Gasteiger partial charge in [-0.1, -0.05) is 48.6 Å². The lowest BCUT2D eigenvalue weighted by atomic mass is 9.92. The highest BCUT2D eigenvalue weighted by molar-refractivity contribution is 5.89. The Bertz CT molecular complexity index is 1080. The summed E-state index contributed by atoms with van der Waals surface area (Å²) < 4.78 is 2.02. The molecule has 136 valence electrons. The molecule has 1 aromatic carbocycles. The van der Waals surface area contributed by atoms with Gasteiger partial charge >= 0.3 is 0 Å². The second-order valence-corrected chi connectivity index (χ2v) is 6.48. The molecule has 0 amide bonds. The van der Waals surface area contributed by atoms with Gasteiger partial charge < -0.3 is 4.40 Å². The Kier molecular flexibility index (Phi) is 5.51. The van der Waals surface area contributed by atoms with Crippen molar-refractivity contribution in [2.75, 3.05) is 0 Å². The summed E-state index contributed by atoms with van der Waals surface area (Å²) in [4.78, 5) is 15.9. The second-order valence-electron chi connectivity index (χ2n) is 6.48. The van der Waals surface area contributed by atoms with Crippen molar-refractivity contribution in [1.82, 2.24) is 9.38 Å². The molecule has 3 nitrogen and oxygen atoms in total. The summed E-state index contributed by atoms with van der Waals surface area (Å²) >= 11 is 0. The molecule has 2 aromatic heterocycles. The number of pyridine rings is 1. The van der Waals surface area contributed by atoms with Crippen LogP contribution in [0.25, 0.3) is 22.5 Å². The average molecular weight is 356 g/mol. The molecule has 0 atom stereocenters. The van der Waals surface area contributed by atoms with Crippen molar-refractivity contribution < 1.29 is 4.79 Å². The van der Waals surface area contributed by atoms with Gasteiger partial charge in [-0.05, 0) is 56.5 Å². The van der Waals surface area contributed by atoms with Crippen LogP contribution in [0.2, 0.25) is 0 Å². The van der Waals surface area contributed by atoms with Gasteiger partial charge in [0.15, 0.2) is 0 Å². The quantitative estimate of drug-likeness (QED) is 0.412. The van der Waals surface area contributed by atoms with E-state index in [0.717, 1.165) is 34.4 Å². The van der Waals surface area contributed by atoms with Crippen molar-refractivity contribution in [2.45, 2.75) is 27.7 Å². The molecule has 0 aliphatic heterocycles. The first kappa shape index (κ1) is 18.6. The Hall–Kier alpha value is -3.20. The fourth-order valence-corrected chi connectivity index (χ4v) is 3.22. The van der Waals surface area contributed by atoms with Crippen molar-refractivity contribution >= 4 is 17.5 Å². The maximum Gasteiger partial charge on any atom is 0.150 e. The van der Waals surface area contributed by atoms with Gasteiger partial charge in [0, 0.05) is 23.0 Å². The molecule has 0 saturated carbocycles. The summed E-state index contributed by atoms with van der Waals surface area (Å²) in [6.07, 6.45) is 11.1. The molecular weight excluding hydrogens is 332 g/mol. The second kappa shape index (κ2) is 8.00. The van der Waals surface area contributed by atoms with Gasteiger partial charge in [-0.25, -0.2) is 4.98 Å². The van der Waals surface area contributed by atoms with Crippen molar-refractivity contribution in [3.8, 4) is 11.3 Å². The lowest BCUT2D eigenvalue weighted by Crippen LogP contribution is -1.93. The molecule has 0 radical (unpaired) electrons. The third-order valence-corrected chi connectivity index (χ3v) is 4.81. The molecule has 2 heterocycles. The van der Waals surface area contributed by atoms with E-state index in [0.29, 0.717) is 5.56 Å². The number of carbonyl (C=O) groups is 1. The van der Waals surface area contributed by atoms with Crippen LogP contribution >= 0.6 is 0 Å². The minimum Gasteiger partial charge on any atom is -0.304 e. The summed E-state index contributed by atoms with van der Waals surface area (Å²) in [6, 6.07) is 12.0. The van der Waals surface area contributed by atoms with Crippen LogP contribution in [0, 0.1) is 6.92 Å². The van der Waals surface area contributed by atoms with Crippen LogP contribution in [0.4, 0.5) is 0 Å². The van der Waals surface area contributed by atoms with Crippen LogP contribution in [0.3, 0.4) is 0 Å². The summed E-state index contributed by atoms with van der Waals surface area (Å²) in [6.45, 7) is 8.25. The zero-order valence-electron chi connectivity index (χ0n) is 16.2. The first-order chi connectivity index (χ1) is 13.1. The van der Waals surface area contributed by atoms with E-state index in [4.69, 9.17) is 4.98 Å². The molecule has 0 saturated heterocycles. The molecule has 0 fully saturated rings. The predicted octanol–water partition coefficient (Wildman–Crippen LogP) is 6.05. The molecule has 0 aliphatic carbocycles. The number of fused-ring (bicyclic) bond motifs is 1. The predicted molar refractivity (Wildman–Crippen MR) is 113 cm³/mol. The van der Waals surface area contributed by atoms with E-state index in [1.807, 2.05) is 41.8 Å². The van der Waals surface area contributed by atoms with Gasteiger partial charge in [-0.2, -0.15) is 0 Å². The van der Waals surface area contributed by atoms with Gasteiger partial charge in [0.25, 0.3) is 0 Å². The van der Waals surface area contributed by atoms with Crippen LogP contribution in [0.5, 0.6) is 0 Å². The molecule has 3 rings (SSSR count). The number of imidazole rings is 1. The zero-order valence-corrected chi connectivity index (χ0v) is 16.2. The number of carbonyl (C=O) groups excluding carboxylic acids is 1. The number of nitrogens with zero attached hydrogens (tertiary/aromatic N) is 2. The topological polar surface area (TPSA) is 34.4 Å². The van der Waals surface area contributed by atoms with Crippen molar-refractivity contribution in [3.63, 3.8) is 0 Å². The number of aryl methyl sites for hydroxylation is 1. The number of hydrogen-bond acceptors (Lipinski definition) is 2. The summed E-state index contributed by atoms with van der Waals surface area (Å²) in [5.41, 5.74) is 8.02. The number of benzene rings is 1. The van der Waals surface area contributed by atoms with Crippen LogP contribution in [0.1, 0.15) is 42.4 Å². The Labute approximate surface area is 160 Å². The monoisotopic (exact) mass is 356 g/mol. The fraction of sp³-hybridized carbons (Fsp3) is 0.167. The average Bonchev–Trinajstić information content (AvgIpc) is 3.04. The van der Waals surface area contributed by atoms with Crippen molar-refractivity contribution in [1.29, 1.82) is 0 Å². The highest BCUT2D eigenvalue weighted by Gasteiger charge is 2.16. The van der Waals surface area contributed by atoms with Gasteiger partial charge in [0.2, 0.25) is 0 Å². The molecule has 0 spiro atoms. The maximum atomic E-state index is 11.1. The molecule has 3 aromatic rings. The maximum absolute atomic E-state index is 11.1. The van der Waals surface area contributed by atoms with E-state index >= 15 is 0 Å². The molecule has 27 heavy (non-hydrogen) atoms. The van der Waals surface area contributed by atoms with Crippen LogP contribution in [-0.2, 0) is 0 Å². The number of aromatic nitrogens is 2. The number of allylic oxidation sites excluding steroid dienone is 6. The van der Waals surface area contributed by atoms with Crippen molar-refractivity contribution in [3.05, 3.63) is 89.3 Å². The van der Waals surface area contributed by atoms with Crippen LogP contribution in [-0.4, -0.2) is 15.7 Å². The lowest BCUT2D eigenvalue weighted by Gasteiger charge is -2.13. The van der Waals surface area contributed by atoms with E-state index in [1.165, 1.54) is 11.1 Å². The van der Waals surface area contributed by atoms with E-state index in [-0.39, 0.29) is 0 Å². The third-order valence-electron chi connectivity index (χ3n) is 4.81. The minimum atomic E-state index is 0.630. The summed E-state index contributed by atoms with van der Waals surface area (Å²) in [7, 11) is 0. The van der Waals surface area contributed by atoms with Crippen LogP contribution in [0.15, 0.2) is 72.5 Å². The highest BCUT2D eigenvalue weighted by atomic mass is 16.1. The molecule has 0 unspecified atom stereocenters. The minimum absolute atomic E-state index is 0.630. The summed E-state index contributed by atoms with van der Waals surface area (Å²) in [5, 5.41) is 0. The summed E-state index contributed by atoms with van der Waals surface area (Å²) in [5.74, 6) is 0. The first-order valence-corrected chi connectivity index (χ1v) is 9.10. The molecule has 0 aliphatic rings. The molecular formula is C24H24N2O. The Morgan fingerprint density at radius 3 is 2.63 bits per heavy atom. The van der Waals surface area contributed by atoms with E-state index < -0.39 is 0 Å². The largest absolute Gasteiger partial charge is 0.304 e. The molecule has 3 heteroatoms. The third kappa shape index (κ3) is 3.54. The fourth-order valence-electron chi connectivity index (χ4n) is 3.22. The Morgan fingerprint density at radius 1 is 1.15 bits per heavy atom. The standard InChI is InChI=1S/C24H24N2O/c1-5-7-10-20(17(3)6-2)21-11-8-9-12-22(21)24-18(4)26-14-13-19(16-27)15-23(26)25-24/h5-16H,1-4H3/b7-5?,17-6-,20-10+. The number of rotatable bonds is 5. The van der Waals surface area contributed by atoms with E-state index in [1.54, 1.807) is 0 Å². The van der Waals surface area contributed by atoms with Gasteiger partial charge in [0.1, 0.15) is 11.9 Å². The smallest absolute Gasteiger partial charge is 0.150 e. The first-order valence-electron chi connectivity index (χ1n) is 9.10. The molecule has 0 bridgehead atoms. The number of hydrogen-bond donors (Lipinski definition) is 0. The van der Waals surface area contributed by atoms with Crippen LogP contribution < -0.4 is 0 Å². The highest BCUT2D eigenvalue weighted by Crippen LogP contribution is 2.34. The van der Waals surface area contributed by atoms with Crippen molar-refractivity contribution in [2.24, 2.45) is 0 Å². The Balaban J connectivity index is 2.26. The zero-order chi connectivity index (χ0) is 19.4. The van der Waals surface area contributed by atoms with Gasteiger partial charge in [0.05, 0.1) is 5.69 Å². The Morgan fingerprint density at radius 2 is 1.93 bits per heavy atom. The van der Waals surface area contributed by atoms with E-state index in [2.05, 4.69) is 57.2 Å². The SMILES string of the molecule is CC=C/C=C(\C(C)=C/C)c1ccccc1-c1nc2cc(C=O)ccn2c1C. The lowest BCUT2D eigenvalue weighted by molar-refractivity contribution is 0.112.